The minimum atomic E-state index is -4.15. The molecule has 108 valence electrons. The Bertz CT molecular complexity index is 727. The van der Waals surface area contributed by atoms with Crippen molar-refractivity contribution < 1.29 is 17.2 Å². The molecule has 0 aliphatic rings. The number of halogens is 2. The average Bonchev–Trinajstić information content (AvgIpc) is 2.54. The van der Waals surface area contributed by atoms with E-state index in [9.17, 15) is 17.2 Å². The molecule has 1 aromatic heterocycles. The van der Waals surface area contributed by atoms with Crippen LogP contribution in [0.3, 0.4) is 0 Å². The van der Waals surface area contributed by atoms with Crippen molar-refractivity contribution in [3.63, 3.8) is 0 Å². The van der Waals surface area contributed by atoms with E-state index in [0.29, 0.717) is 10.7 Å². The summed E-state index contributed by atoms with van der Waals surface area (Å²) in [6.45, 7) is 3.54. The lowest BCUT2D eigenvalue weighted by Gasteiger charge is -2.06. The highest BCUT2D eigenvalue weighted by atomic mass is 32.2. The minimum Gasteiger partial charge on any atom is -0.399 e. The molecule has 0 fully saturated rings. The van der Waals surface area contributed by atoms with Crippen molar-refractivity contribution >= 4 is 26.9 Å². The van der Waals surface area contributed by atoms with Crippen LogP contribution in [0.25, 0.3) is 0 Å². The van der Waals surface area contributed by atoms with Gasteiger partial charge in [0.2, 0.25) is 0 Å². The van der Waals surface area contributed by atoms with E-state index in [0.717, 1.165) is 17.0 Å². The molecule has 0 saturated heterocycles. The first-order chi connectivity index (χ1) is 9.20. The fraction of sp³-hybridized carbons (Fsp3) is 0.250. The van der Waals surface area contributed by atoms with Crippen LogP contribution in [-0.2, 0) is 15.6 Å². The van der Waals surface area contributed by atoms with Crippen molar-refractivity contribution in [2.75, 3.05) is 5.73 Å². The summed E-state index contributed by atoms with van der Waals surface area (Å²) in [5.74, 6) is -2.91. The fourth-order valence-corrected chi connectivity index (χ4v) is 4.39. The van der Waals surface area contributed by atoms with Crippen LogP contribution >= 0.6 is 11.3 Å². The molecule has 0 spiro atoms. The van der Waals surface area contributed by atoms with Crippen molar-refractivity contribution in [2.45, 2.75) is 24.5 Å². The van der Waals surface area contributed by atoms with Gasteiger partial charge in [-0.25, -0.2) is 22.2 Å². The Morgan fingerprint density at radius 2 is 1.80 bits per heavy atom. The van der Waals surface area contributed by atoms with Crippen molar-refractivity contribution in [3.8, 4) is 0 Å². The van der Waals surface area contributed by atoms with Gasteiger partial charge in [0.15, 0.2) is 9.84 Å². The van der Waals surface area contributed by atoms with E-state index in [1.54, 1.807) is 13.8 Å². The molecule has 2 rings (SSSR count). The summed E-state index contributed by atoms with van der Waals surface area (Å²) in [7, 11) is -4.15. The number of benzene rings is 1. The molecular weight excluding hydrogens is 306 g/mol. The highest BCUT2D eigenvalue weighted by Gasteiger charge is 2.26. The van der Waals surface area contributed by atoms with E-state index in [2.05, 4.69) is 4.98 Å². The van der Waals surface area contributed by atoms with E-state index in [-0.39, 0.29) is 5.69 Å². The quantitative estimate of drug-likeness (QED) is 0.883. The lowest BCUT2D eigenvalue weighted by molar-refractivity contribution is 0.520. The molecule has 0 amide bonds. The molecule has 1 heterocycles. The second kappa shape index (κ2) is 5.10. The van der Waals surface area contributed by atoms with E-state index >= 15 is 0 Å². The first-order valence-corrected chi connectivity index (χ1v) is 8.08. The van der Waals surface area contributed by atoms with Gasteiger partial charge in [-0.1, -0.05) is 0 Å². The summed E-state index contributed by atoms with van der Waals surface area (Å²) in [5.41, 5.74) is 5.80. The number of nitrogen functional groups attached to an aromatic ring is 1. The molecule has 0 aliphatic carbocycles. The van der Waals surface area contributed by atoms with Gasteiger partial charge in [-0.15, -0.1) is 11.3 Å². The first-order valence-electron chi connectivity index (χ1n) is 5.61. The van der Waals surface area contributed by atoms with Crippen LogP contribution in [0.4, 0.5) is 14.5 Å². The van der Waals surface area contributed by atoms with Crippen molar-refractivity contribution in [1.29, 1.82) is 0 Å². The smallest absolute Gasteiger partial charge is 0.190 e. The molecule has 0 bridgehead atoms. The lowest BCUT2D eigenvalue weighted by atomic mass is 10.3. The number of aryl methyl sites for hydroxylation is 2. The standard InChI is InChI=1S/C12H12F2N2O2S2/c1-6-7(2)19-11(16-6)5-20(17,18)12-9(13)3-8(15)4-10(12)14/h3-4H,5,15H2,1-2H3. The number of hydrogen-bond donors (Lipinski definition) is 1. The van der Waals surface area contributed by atoms with E-state index < -0.39 is 32.1 Å². The zero-order valence-corrected chi connectivity index (χ0v) is 12.4. The maximum absolute atomic E-state index is 13.7. The van der Waals surface area contributed by atoms with E-state index in [1.807, 2.05) is 0 Å². The molecule has 20 heavy (non-hydrogen) atoms. The minimum absolute atomic E-state index is 0.167. The monoisotopic (exact) mass is 318 g/mol. The Labute approximate surface area is 119 Å². The number of aromatic nitrogens is 1. The number of hydrogen-bond acceptors (Lipinski definition) is 5. The first kappa shape index (κ1) is 14.9. The third-order valence-corrected chi connectivity index (χ3v) is 5.64. The van der Waals surface area contributed by atoms with E-state index in [1.165, 1.54) is 11.3 Å². The van der Waals surface area contributed by atoms with Gasteiger partial charge in [-0.2, -0.15) is 0 Å². The zero-order chi connectivity index (χ0) is 15.1. The Hall–Kier alpha value is -1.54. The van der Waals surface area contributed by atoms with Crippen LogP contribution in [0.5, 0.6) is 0 Å². The molecule has 0 aliphatic heterocycles. The molecule has 8 heteroatoms. The average molecular weight is 318 g/mol. The molecule has 0 unspecified atom stereocenters. The number of nitrogens with zero attached hydrogens (tertiary/aromatic N) is 1. The highest BCUT2D eigenvalue weighted by molar-refractivity contribution is 7.90. The van der Waals surface area contributed by atoms with Crippen LogP contribution < -0.4 is 5.73 Å². The van der Waals surface area contributed by atoms with Crippen molar-refractivity contribution in [2.24, 2.45) is 0 Å². The predicted octanol–water partition coefficient (Wildman–Crippen LogP) is 2.59. The molecule has 4 nitrogen and oxygen atoms in total. The normalized spacial score (nSPS) is 11.8. The summed E-state index contributed by atoms with van der Waals surface area (Å²) >= 11 is 1.19. The third-order valence-electron chi connectivity index (χ3n) is 2.72. The second-order valence-corrected chi connectivity index (χ2v) is 7.54. The van der Waals surface area contributed by atoms with Gasteiger partial charge < -0.3 is 5.73 Å². The van der Waals surface area contributed by atoms with Crippen LogP contribution in [0.2, 0.25) is 0 Å². The van der Waals surface area contributed by atoms with Crippen LogP contribution in [0, 0.1) is 25.5 Å². The molecule has 0 radical (unpaired) electrons. The topological polar surface area (TPSA) is 73.0 Å². The van der Waals surface area contributed by atoms with Crippen LogP contribution in [0.1, 0.15) is 15.6 Å². The number of sulfone groups is 1. The lowest BCUT2D eigenvalue weighted by Crippen LogP contribution is -2.10. The van der Waals surface area contributed by atoms with E-state index in [4.69, 9.17) is 5.73 Å². The van der Waals surface area contributed by atoms with Crippen molar-refractivity contribution in [3.05, 3.63) is 39.3 Å². The summed E-state index contributed by atoms with van der Waals surface area (Å²) in [6.07, 6.45) is 0. The molecule has 0 atom stereocenters. The van der Waals surface area contributed by atoms with Gasteiger partial charge in [-0.05, 0) is 26.0 Å². The summed E-state index contributed by atoms with van der Waals surface area (Å²) < 4.78 is 51.6. The van der Waals surface area contributed by atoms with Gasteiger partial charge in [0, 0.05) is 10.6 Å². The van der Waals surface area contributed by atoms with Gasteiger partial charge in [0.05, 0.1) is 5.69 Å². The van der Waals surface area contributed by atoms with Gasteiger partial charge in [-0.3, -0.25) is 0 Å². The van der Waals surface area contributed by atoms with Crippen molar-refractivity contribution in [1.82, 2.24) is 4.98 Å². The van der Waals surface area contributed by atoms with Gasteiger partial charge in [0.25, 0.3) is 0 Å². The molecule has 2 N–H and O–H groups in total. The number of nitrogens with two attached hydrogens (primary N) is 1. The maximum atomic E-state index is 13.7. The Morgan fingerprint density at radius 3 is 2.25 bits per heavy atom. The van der Waals surface area contributed by atoms with Crippen LogP contribution in [-0.4, -0.2) is 13.4 Å². The maximum Gasteiger partial charge on any atom is 0.190 e. The third kappa shape index (κ3) is 2.80. The van der Waals surface area contributed by atoms with Gasteiger partial charge >= 0.3 is 0 Å². The molecule has 2 aromatic rings. The highest BCUT2D eigenvalue weighted by Crippen LogP contribution is 2.27. The summed E-state index contributed by atoms with van der Waals surface area (Å²) in [6, 6.07) is 1.57. The number of thiazole rings is 1. The Balaban J connectivity index is 2.46. The van der Waals surface area contributed by atoms with Gasteiger partial charge in [0.1, 0.15) is 27.3 Å². The number of rotatable bonds is 3. The molecule has 1 aromatic carbocycles. The second-order valence-electron chi connectivity index (χ2n) is 4.32. The predicted molar refractivity (Wildman–Crippen MR) is 73.2 cm³/mol. The summed E-state index contributed by atoms with van der Waals surface area (Å²) in [5, 5.41) is 0.302. The largest absolute Gasteiger partial charge is 0.399 e. The Morgan fingerprint density at radius 1 is 1.25 bits per heavy atom. The molecular formula is C12H12F2N2O2S2. The van der Waals surface area contributed by atoms with Crippen LogP contribution in [0.15, 0.2) is 17.0 Å². The SMILES string of the molecule is Cc1nc(CS(=O)(=O)c2c(F)cc(N)cc2F)sc1C. The molecule has 0 saturated carbocycles. The Kier molecular flexibility index (Phi) is 3.79. The fourth-order valence-electron chi connectivity index (χ4n) is 1.71. The summed E-state index contributed by atoms with van der Waals surface area (Å²) in [4.78, 5) is 3.98. The number of anilines is 1. The zero-order valence-electron chi connectivity index (χ0n) is 10.8.